The molecule has 2 atom stereocenters. The van der Waals surface area contributed by atoms with Gasteiger partial charge in [-0.25, -0.2) is 0 Å². The van der Waals surface area contributed by atoms with Crippen molar-refractivity contribution in [2.45, 2.75) is 25.7 Å². The van der Waals surface area contributed by atoms with Crippen molar-refractivity contribution in [2.75, 3.05) is 13.7 Å². The molecule has 2 aromatic carbocycles. The van der Waals surface area contributed by atoms with E-state index in [1.807, 2.05) is 19.1 Å². The van der Waals surface area contributed by atoms with E-state index in [1.54, 1.807) is 0 Å². The molecule has 0 spiro atoms. The van der Waals surface area contributed by atoms with E-state index in [0.717, 1.165) is 22.2 Å². The van der Waals surface area contributed by atoms with Crippen molar-refractivity contribution in [3.05, 3.63) is 63.6 Å². The molecule has 2 unspecified atom stereocenters. The number of halogens is 1. The van der Waals surface area contributed by atoms with E-state index in [2.05, 4.69) is 46.3 Å². The number of ether oxygens (including phenoxy) is 2. The Morgan fingerprint density at radius 2 is 2.04 bits per heavy atom. The second-order valence-electron chi connectivity index (χ2n) is 6.33. The first-order valence-electron chi connectivity index (χ1n) is 8.14. The lowest BCUT2D eigenvalue weighted by atomic mass is 9.89. The van der Waals surface area contributed by atoms with Gasteiger partial charge >= 0.3 is 5.97 Å². The summed E-state index contributed by atoms with van der Waals surface area (Å²) in [6.07, 6.45) is 1.64. The Bertz CT molecular complexity index is 724. The first-order chi connectivity index (χ1) is 11.6. The minimum Gasteiger partial charge on any atom is -0.493 e. The van der Waals surface area contributed by atoms with Gasteiger partial charge in [-0.2, -0.15) is 0 Å². The molecule has 0 saturated heterocycles. The van der Waals surface area contributed by atoms with Crippen LogP contribution >= 0.6 is 15.9 Å². The van der Waals surface area contributed by atoms with Gasteiger partial charge in [0, 0.05) is 10.4 Å². The summed E-state index contributed by atoms with van der Waals surface area (Å²) >= 11 is 3.48. The SMILES string of the molecule is COC(=O)C(C)Cc1ccc2c(c1)CC(c1ccc(Br)cc1)CO2. The fourth-order valence-corrected chi connectivity index (χ4v) is 3.43. The molecule has 4 heteroatoms. The van der Waals surface area contributed by atoms with Crippen molar-refractivity contribution in [3.8, 4) is 5.75 Å². The Balaban J connectivity index is 1.76. The third-order valence-electron chi connectivity index (χ3n) is 4.52. The Morgan fingerprint density at radius 1 is 1.29 bits per heavy atom. The van der Waals surface area contributed by atoms with Crippen molar-refractivity contribution in [2.24, 2.45) is 5.92 Å². The zero-order chi connectivity index (χ0) is 17.1. The Morgan fingerprint density at radius 3 is 2.75 bits per heavy atom. The minimum atomic E-state index is -0.170. The van der Waals surface area contributed by atoms with Gasteiger partial charge in [0.2, 0.25) is 0 Å². The summed E-state index contributed by atoms with van der Waals surface area (Å²) in [5.74, 6) is 1.01. The molecule has 0 aromatic heterocycles. The van der Waals surface area contributed by atoms with E-state index in [4.69, 9.17) is 9.47 Å². The number of benzene rings is 2. The third-order valence-corrected chi connectivity index (χ3v) is 5.05. The van der Waals surface area contributed by atoms with E-state index in [0.29, 0.717) is 18.9 Å². The molecule has 0 fully saturated rings. The highest BCUT2D eigenvalue weighted by molar-refractivity contribution is 9.10. The lowest BCUT2D eigenvalue weighted by Crippen LogP contribution is -2.20. The molecule has 1 heterocycles. The number of rotatable bonds is 4. The first kappa shape index (κ1) is 17.0. The number of carbonyl (C=O) groups is 1. The van der Waals surface area contributed by atoms with Gasteiger partial charge in [0.25, 0.3) is 0 Å². The summed E-state index contributed by atoms with van der Waals surface area (Å²) in [6, 6.07) is 14.7. The van der Waals surface area contributed by atoms with Gasteiger partial charge in [0.05, 0.1) is 19.6 Å². The number of fused-ring (bicyclic) bond motifs is 1. The van der Waals surface area contributed by atoms with Crippen LogP contribution in [-0.2, 0) is 22.4 Å². The number of methoxy groups -OCH3 is 1. The first-order valence-corrected chi connectivity index (χ1v) is 8.94. The number of carbonyl (C=O) groups excluding carboxylic acids is 1. The van der Waals surface area contributed by atoms with E-state index in [-0.39, 0.29) is 11.9 Å². The molecule has 3 nitrogen and oxygen atoms in total. The quantitative estimate of drug-likeness (QED) is 0.722. The standard InChI is InChI=1S/C20H21BrO3/c1-13(20(22)23-2)9-14-3-8-19-16(10-14)11-17(12-24-19)15-4-6-18(21)7-5-15/h3-8,10,13,17H,9,11-12H2,1-2H3. The van der Waals surface area contributed by atoms with Crippen molar-refractivity contribution in [3.63, 3.8) is 0 Å². The molecular formula is C20H21BrO3. The summed E-state index contributed by atoms with van der Waals surface area (Å²) in [7, 11) is 1.43. The Labute approximate surface area is 151 Å². The highest BCUT2D eigenvalue weighted by Crippen LogP contribution is 2.33. The van der Waals surface area contributed by atoms with Crippen LogP contribution in [0.4, 0.5) is 0 Å². The van der Waals surface area contributed by atoms with Crippen LogP contribution in [0, 0.1) is 5.92 Å². The smallest absolute Gasteiger partial charge is 0.308 e. The summed E-state index contributed by atoms with van der Waals surface area (Å²) in [5, 5.41) is 0. The normalized spacial score (nSPS) is 17.5. The third kappa shape index (κ3) is 3.81. The van der Waals surface area contributed by atoms with Gasteiger partial charge in [-0.3, -0.25) is 4.79 Å². The van der Waals surface area contributed by atoms with E-state index in [1.165, 1.54) is 18.2 Å². The molecule has 0 bridgehead atoms. The molecule has 1 aliphatic rings. The Kier molecular flexibility index (Phi) is 5.24. The molecule has 0 radical (unpaired) electrons. The molecular weight excluding hydrogens is 368 g/mol. The van der Waals surface area contributed by atoms with Crippen molar-refractivity contribution >= 4 is 21.9 Å². The fourth-order valence-electron chi connectivity index (χ4n) is 3.16. The molecule has 2 aromatic rings. The molecule has 3 rings (SSSR count). The zero-order valence-electron chi connectivity index (χ0n) is 13.9. The molecule has 0 aliphatic carbocycles. The summed E-state index contributed by atoms with van der Waals surface area (Å²) < 4.78 is 11.8. The van der Waals surface area contributed by atoms with Gasteiger partial charge in [0.15, 0.2) is 0 Å². The molecule has 126 valence electrons. The van der Waals surface area contributed by atoms with Crippen molar-refractivity contribution in [1.29, 1.82) is 0 Å². The maximum absolute atomic E-state index is 11.6. The van der Waals surface area contributed by atoms with Gasteiger partial charge in [0.1, 0.15) is 5.75 Å². The highest BCUT2D eigenvalue weighted by Gasteiger charge is 2.22. The van der Waals surface area contributed by atoms with Crippen LogP contribution in [0.5, 0.6) is 5.75 Å². The largest absolute Gasteiger partial charge is 0.493 e. The van der Waals surface area contributed by atoms with Gasteiger partial charge in [-0.05, 0) is 47.7 Å². The van der Waals surface area contributed by atoms with Crippen LogP contribution in [-0.4, -0.2) is 19.7 Å². The minimum absolute atomic E-state index is 0.139. The van der Waals surface area contributed by atoms with Crippen LogP contribution in [0.15, 0.2) is 46.9 Å². The lowest BCUT2D eigenvalue weighted by Gasteiger charge is -2.26. The van der Waals surface area contributed by atoms with Gasteiger partial charge in [-0.15, -0.1) is 0 Å². The second-order valence-corrected chi connectivity index (χ2v) is 7.25. The average Bonchev–Trinajstić information content (AvgIpc) is 2.61. The predicted octanol–water partition coefficient (Wildman–Crippen LogP) is 4.52. The predicted molar refractivity (Wildman–Crippen MR) is 97.4 cm³/mol. The monoisotopic (exact) mass is 388 g/mol. The number of esters is 1. The van der Waals surface area contributed by atoms with E-state index >= 15 is 0 Å². The molecule has 0 saturated carbocycles. The molecule has 0 N–H and O–H groups in total. The molecule has 0 amide bonds. The Hall–Kier alpha value is -1.81. The van der Waals surface area contributed by atoms with Crippen LogP contribution in [0.25, 0.3) is 0 Å². The van der Waals surface area contributed by atoms with E-state index in [9.17, 15) is 4.79 Å². The summed E-state index contributed by atoms with van der Waals surface area (Å²) in [6.45, 7) is 2.60. The van der Waals surface area contributed by atoms with Crippen LogP contribution in [0.1, 0.15) is 29.5 Å². The van der Waals surface area contributed by atoms with E-state index < -0.39 is 0 Å². The maximum Gasteiger partial charge on any atom is 0.308 e. The van der Waals surface area contributed by atoms with Gasteiger partial charge < -0.3 is 9.47 Å². The van der Waals surface area contributed by atoms with Crippen LogP contribution in [0.3, 0.4) is 0 Å². The second kappa shape index (κ2) is 7.39. The summed E-state index contributed by atoms with van der Waals surface area (Å²) in [5.41, 5.74) is 3.65. The van der Waals surface area contributed by atoms with Crippen LogP contribution in [0.2, 0.25) is 0 Å². The topological polar surface area (TPSA) is 35.5 Å². The maximum atomic E-state index is 11.6. The van der Waals surface area contributed by atoms with Crippen molar-refractivity contribution < 1.29 is 14.3 Å². The van der Waals surface area contributed by atoms with Crippen LogP contribution < -0.4 is 4.74 Å². The average molecular weight is 389 g/mol. The number of hydrogen-bond donors (Lipinski definition) is 0. The van der Waals surface area contributed by atoms with Gasteiger partial charge in [-0.1, -0.05) is 47.1 Å². The fraction of sp³-hybridized carbons (Fsp3) is 0.350. The van der Waals surface area contributed by atoms with Crippen molar-refractivity contribution in [1.82, 2.24) is 0 Å². The molecule has 24 heavy (non-hydrogen) atoms. The zero-order valence-corrected chi connectivity index (χ0v) is 15.5. The lowest BCUT2D eigenvalue weighted by molar-refractivity contribution is -0.144. The molecule has 1 aliphatic heterocycles. The summed E-state index contributed by atoms with van der Waals surface area (Å²) in [4.78, 5) is 11.6. The number of hydrogen-bond acceptors (Lipinski definition) is 3. The highest BCUT2D eigenvalue weighted by atomic mass is 79.9.